The van der Waals surface area contributed by atoms with Crippen LogP contribution in [0.2, 0.25) is 0 Å². The van der Waals surface area contributed by atoms with Gasteiger partial charge in [-0.15, -0.1) is 0 Å². The van der Waals surface area contributed by atoms with E-state index in [1.54, 1.807) is 19.2 Å². The number of oxazole rings is 1. The summed E-state index contributed by atoms with van der Waals surface area (Å²) in [6.07, 6.45) is 1.55. The number of primary sulfonamides is 1. The van der Waals surface area contributed by atoms with E-state index in [0.29, 0.717) is 30.2 Å². The highest BCUT2D eigenvalue weighted by molar-refractivity contribution is 7.89. The zero-order valence-corrected chi connectivity index (χ0v) is 23.3. The summed E-state index contributed by atoms with van der Waals surface area (Å²) in [6.45, 7) is 1.48. The quantitative estimate of drug-likeness (QED) is 0.157. The molecule has 1 aliphatic rings. The van der Waals surface area contributed by atoms with Crippen molar-refractivity contribution in [2.45, 2.75) is 29.9 Å². The molecular weight excluding hydrogens is 546 g/mol. The van der Waals surface area contributed by atoms with Gasteiger partial charge in [0.25, 0.3) is 0 Å². The fraction of sp³-hybridized carbons (Fsp3) is 0.267. The van der Waals surface area contributed by atoms with Gasteiger partial charge in [0.15, 0.2) is 11.5 Å². The molecule has 3 N–H and O–H groups in total. The third kappa shape index (κ3) is 6.39. The van der Waals surface area contributed by atoms with Crippen molar-refractivity contribution in [2.24, 2.45) is 10.3 Å². The van der Waals surface area contributed by atoms with Crippen LogP contribution in [0.25, 0.3) is 22.6 Å². The first-order chi connectivity index (χ1) is 19.8. The molecule has 1 fully saturated rings. The van der Waals surface area contributed by atoms with E-state index >= 15 is 0 Å². The van der Waals surface area contributed by atoms with Crippen LogP contribution in [-0.2, 0) is 36.4 Å². The third-order valence-electron chi connectivity index (χ3n) is 7.14. The topological polar surface area (TPSA) is 146 Å². The van der Waals surface area contributed by atoms with Crippen molar-refractivity contribution in [1.82, 2.24) is 4.98 Å². The fourth-order valence-electron chi connectivity index (χ4n) is 4.88. The van der Waals surface area contributed by atoms with Crippen LogP contribution in [0.4, 0.5) is 0 Å². The van der Waals surface area contributed by atoms with Crippen LogP contribution >= 0.6 is 0 Å². The fourth-order valence-corrected chi connectivity index (χ4v) is 5.40. The van der Waals surface area contributed by atoms with Gasteiger partial charge in [0.1, 0.15) is 5.69 Å². The van der Waals surface area contributed by atoms with Gasteiger partial charge in [-0.1, -0.05) is 59.8 Å². The monoisotopic (exact) mass is 577 g/mol. The average molecular weight is 578 g/mol. The third-order valence-corrected chi connectivity index (χ3v) is 8.07. The molecule has 1 aromatic heterocycles. The molecule has 0 unspecified atom stereocenters. The van der Waals surface area contributed by atoms with Crippen LogP contribution in [0.15, 0.2) is 93.3 Å². The van der Waals surface area contributed by atoms with Crippen molar-refractivity contribution in [3.8, 4) is 22.6 Å². The van der Waals surface area contributed by atoms with E-state index in [1.165, 1.54) is 12.1 Å². The maximum Gasteiger partial charge on any atom is 0.247 e. The standard InChI is InChI=1S/C30H31N3O7S/c1-37-30(14-16-38-17-15-30)24-9-5-6-21(18-24)19-39-20-26(33-34)29-32-27(22-7-3-2-4-8-22)28(40-29)23-10-12-25(13-11-23)41(31,35)36/h2-13,18,34H,14-17,19-20H2,1H3,(H2,31,35,36)/b33-26+. The number of hydrogen-bond donors (Lipinski definition) is 2. The van der Waals surface area contributed by atoms with Gasteiger partial charge in [0.2, 0.25) is 15.9 Å². The second-order valence-corrected chi connectivity index (χ2v) is 11.2. The average Bonchev–Trinajstić information content (AvgIpc) is 3.45. The summed E-state index contributed by atoms with van der Waals surface area (Å²) in [6, 6.07) is 23.4. The molecule has 10 nitrogen and oxygen atoms in total. The zero-order valence-electron chi connectivity index (χ0n) is 22.5. The summed E-state index contributed by atoms with van der Waals surface area (Å²) >= 11 is 0. The first-order valence-electron chi connectivity index (χ1n) is 13.0. The molecule has 214 valence electrons. The van der Waals surface area contributed by atoms with Crippen LogP contribution < -0.4 is 5.14 Å². The van der Waals surface area contributed by atoms with Crippen LogP contribution in [-0.4, -0.2) is 51.3 Å². The SMILES string of the molecule is COC1(c2cccc(COC/C(=N\O)c3nc(-c4ccccc4)c(-c4ccc(S(N)(=O)=O)cc4)o3)c2)CCOCC1. The highest BCUT2D eigenvalue weighted by Crippen LogP contribution is 2.36. The van der Waals surface area contributed by atoms with Crippen LogP contribution in [0.1, 0.15) is 29.9 Å². The number of benzene rings is 3. The van der Waals surface area contributed by atoms with Gasteiger partial charge in [0, 0.05) is 44.3 Å². The molecule has 1 saturated heterocycles. The molecule has 3 aromatic carbocycles. The molecule has 41 heavy (non-hydrogen) atoms. The Hall–Kier alpha value is -3.87. The number of methoxy groups -OCH3 is 1. The van der Waals surface area contributed by atoms with E-state index in [4.69, 9.17) is 23.8 Å². The smallest absolute Gasteiger partial charge is 0.247 e. The Balaban J connectivity index is 1.36. The Morgan fingerprint density at radius 3 is 2.41 bits per heavy atom. The molecule has 0 aliphatic carbocycles. The molecule has 0 saturated carbocycles. The van der Waals surface area contributed by atoms with Crippen molar-refractivity contribution in [1.29, 1.82) is 0 Å². The number of nitrogens with zero attached hydrogens (tertiary/aromatic N) is 2. The molecular formula is C30H31N3O7S. The molecule has 11 heteroatoms. The van der Waals surface area contributed by atoms with E-state index in [9.17, 15) is 13.6 Å². The van der Waals surface area contributed by atoms with E-state index in [-0.39, 0.29) is 35.3 Å². The van der Waals surface area contributed by atoms with E-state index in [1.807, 2.05) is 48.5 Å². The number of nitrogens with two attached hydrogens (primary N) is 1. The second-order valence-electron chi connectivity index (χ2n) is 9.68. The molecule has 1 aliphatic heterocycles. The zero-order chi connectivity index (χ0) is 28.9. The summed E-state index contributed by atoms with van der Waals surface area (Å²) < 4.78 is 46.8. The molecule has 2 heterocycles. The van der Waals surface area contributed by atoms with Crippen molar-refractivity contribution in [3.63, 3.8) is 0 Å². The molecule has 5 rings (SSSR count). The first-order valence-corrected chi connectivity index (χ1v) is 14.6. The van der Waals surface area contributed by atoms with Crippen LogP contribution in [0, 0.1) is 0 Å². The Labute approximate surface area is 238 Å². The number of oxime groups is 1. The Morgan fingerprint density at radius 1 is 1.02 bits per heavy atom. The number of rotatable bonds is 10. The lowest BCUT2D eigenvalue weighted by Crippen LogP contribution is -2.35. The summed E-state index contributed by atoms with van der Waals surface area (Å²) in [5, 5.41) is 18.5. The van der Waals surface area contributed by atoms with Crippen LogP contribution in [0.5, 0.6) is 0 Å². The number of ether oxygens (including phenoxy) is 3. The van der Waals surface area contributed by atoms with E-state index in [0.717, 1.165) is 29.5 Å². The van der Waals surface area contributed by atoms with Crippen LogP contribution in [0.3, 0.4) is 0 Å². The summed E-state index contributed by atoms with van der Waals surface area (Å²) in [5.74, 6) is 0.452. The molecule has 0 atom stereocenters. The van der Waals surface area contributed by atoms with Gasteiger partial charge in [0.05, 0.1) is 23.7 Å². The molecule has 0 amide bonds. The lowest BCUT2D eigenvalue weighted by atomic mass is 9.85. The Kier molecular flexibility index (Phi) is 8.62. The molecule has 4 aromatic rings. The maximum absolute atomic E-state index is 11.7. The van der Waals surface area contributed by atoms with Gasteiger partial charge in [-0.25, -0.2) is 18.5 Å². The highest BCUT2D eigenvalue weighted by Gasteiger charge is 2.34. The lowest BCUT2D eigenvalue weighted by molar-refractivity contribution is -0.0948. The maximum atomic E-state index is 11.7. The van der Waals surface area contributed by atoms with E-state index < -0.39 is 10.0 Å². The van der Waals surface area contributed by atoms with Gasteiger partial charge in [-0.05, 0) is 35.4 Å². The normalized spacial score (nSPS) is 15.6. The van der Waals surface area contributed by atoms with Crippen molar-refractivity contribution >= 4 is 15.7 Å². The van der Waals surface area contributed by atoms with Crippen molar-refractivity contribution in [3.05, 3.63) is 95.9 Å². The predicted molar refractivity (Wildman–Crippen MR) is 152 cm³/mol. The van der Waals surface area contributed by atoms with Gasteiger partial charge in [-0.3, -0.25) is 0 Å². The van der Waals surface area contributed by atoms with Crippen molar-refractivity contribution < 1.29 is 32.3 Å². The van der Waals surface area contributed by atoms with Crippen molar-refractivity contribution in [2.75, 3.05) is 26.9 Å². The van der Waals surface area contributed by atoms with Gasteiger partial charge in [-0.2, -0.15) is 0 Å². The highest BCUT2D eigenvalue weighted by atomic mass is 32.2. The Bertz CT molecular complexity index is 1610. The minimum Gasteiger partial charge on any atom is -0.434 e. The first kappa shape index (κ1) is 28.7. The minimum atomic E-state index is -3.85. The van der Waals surface area contributed by atoms with E-state index in [2.05, 4.69) is 16.2 Å². The summed E-state index contributed by atoms with van der Waals surface area (Å²) in [7, 11) is -2.13. The second kappa shape index (κ2) is 12.3. The van der Waals surface area contributed by atoms with Gasteiger partial charge < -0.3 is 23.8 Å². The minimum absolute atomic E-state index is 0.0226. The summed E-state index contributed by atoms with van der Waals surface area (Å²) in [5.41, 5.74) is 3.56. The molecule has 0 spiro atoms. The molecule has 0 bridgehead atoms. The Morgan fingerprint density at radius 2 is 1.76 bits per heavy atom. The number of hydrogen-bond acceptors (Lipinski definition) is 9. The number of aromatic nitrogens is 1. The predicted octanol–water partition coefficient (Wildman–Crippen LogP) is 4.70. The number of sulfonamides is 1. The molecule has 0 radical (unpaired) electrons. The summed E-state index contributed by atoms with van der Waals surface area (Å²) in [4.78, 5) is 4.59. The lowest BCUT2D eigenvalue weighted by Gasteiger charge is -2.36. The largest absolute Gasteiger partial charge is 0.434 e. The van der Waals surface area contributed by atoms with Gasteiger partial charge >= 0.3 is 0 Å².